The van der Waals surface area contributed by atoms with Gasteiger partial charge in [0.05, 0.1) is 6.42 Å². The summed E-state index contributed by atoms with van der Waals surface area (Å²) in [5.41, 5.74) is 4.47. The van der Waals surface area contributed by atoms with Gasteiger partial charge >= 0.3 is 5.97 Å². The van der Waals surface area contributed by atoms with Crippen LogP contribution in [0, 0.1) is 29.1 Å². The normalized spacial score (nSPS) is 55.5. The molecule has 0 aromatic heterocycles. The highest BCUT2D eigenvalue weighted by atomic mass is 19.1. The summed E-state index contributed by atoms with van der Waals surface area (Å²) in [5.74, 6) is -0.177. The van der Waals surface area contributed by atoms with Gasteiger partial charge in [0.1, 0.15) is 5.67 Å². The molecule has 17 heavy (non-hydrogen) atoms. The van der Waals surface area contributed by atoms with Gasteiger partial charge in [-0.1, -0.05) is 0 Å². The molecule has 0 heterocycles. The average molecular weight is 241 g/mol. The number of alkyl halides is 1. The summed E-state index contributed by atoms with van der Waals surface area (Å²) >= 11 is 0. The summed E-state index contributed by atoms with van der Waals surface area (Å²) in [4.78, 5) is 11.0. The minimum Gasteiger partial charge on any atom is -0.481 e. The van der Waals surface area contributed by atoms with Crippen LogP contribution in [0.3, 0.4) is 0 Å². The molecule has 3 aliphatic carbocycles. The van der Waals surface area contributed by atoms with Crippen LogP contribution in [-0.2, 0) is 4.79 Å². The molecule has 4 heteroatoms. The molecule has 2 bridgehead atoms. The minimum absolute atomic E-state index is 0.0733. The molecule has 0 saturated heterocycles. The second-order valence-corrected chi connectivity index (χ2v) is 6.41. The number of aliphatic carboxylic acids is 1. The van der Waals surface area contributed by atoms with Gasteiger partial charge in [-0.3, -0.25) is 4.79 Å². The molecule has 0 aromatic carbocycles. The van der Waals surface area contributed by atoms with Crippen LogP contribution in [0.1, 0.15) is 32.6 Å². The van der Waals surface area contributed by atoms with E-state index in [1.54, 1.807) is 6.92 Å². The quantitative estimate of drug-likeness (QED) is 0.792. The summed E-state index contributed by atoms with van der Waals surface area (Å²) in [7, 11) is 0. The van der Waals surface area contributed by atoms with Crippen molar-refractivity contribution in [3.05, 3.63) is 0 Å². The Labute approximate surface area is 101 Å². The third-order valence-corrected chi connectivity index (χ3v) is 6.02. The summed E-state index contributed by atoms with van der Waals surface area (Å²) in [6, 6.07) is 0. The Morgan fingerprint density at radius 2 is 2.18 bits per heavy atom. The zero-order valence-electron chi connectivity index (χ0n) is 10.2. The van der Waals surface area contributed by atoms with Crippen molar-refractivity contribution < 1.29 is 14.3 Å². The maximum Gasteiger partial charge on any atom is 0.303 e. The van der Waals surface area contributed by atoms with Crippen LogP contribution in [-0.4, -0.2) is 23.3 Å². The first-order chi connectivity index (χ1) is 7.93. The van der Waals surface area contributed by atoms with E-state index >= 15 is 0 Å². The second-order valence-electron chi connectivity index (χ2n) is 6.41. The first-order valence-corrected chi connectivity index (χ1v) is 6.54. The van der Waals surface area contributed by atoms with E-state index in [0.29, 0.717) is 6.54 Å². The summed E-state index contributed by atoms with van der Waals surface area (Å²) in [6.07, 6.45) is 2.85. The first kappa shape index (κ1) is 11.5. The zero-order chi connectivity index (χ0) is 12.4. The van der Waals surface area contributed by atoms with Gasteiger partial charge in [0.25, 0.3) is 0 Å². The summed E-state index contributed by atoms with van der Waals surface area (Å²) in [5, 5.41) is 9.07. The van der Waals surface area contributed by atoms with E-state index in [-0.39, 0.29) is 35.5 Å². The van der Waals surface area contributed by atoms with Gasteiger partial charge in [-0.15, -0.1) is 0 Å². The Balaban J connectivity index is 1.94. The van der Waals surface area contributed by atoms with Crippen molar-refractivity contribution in [3.63, 3.8) is 0 Å². The molecule has 0 radical (unpaired) electrons. The molecular weight excluding hydrogens is 221 g/mol. The predicted molar refractivity (Wildman–Crippen MR) is 61.1 cm³/mol. The Bertz CT molecular complexity index is 362. The van der Waals surface area contributed by atoms with Crippen LogP contribution in [0.4, 0.5) is 4.39 Å². The van der Waals surface area contributed by atoms with E-state index in [1.165, 1.54) is 0 Å². The lowest BCUT2D eigenvalue weighted by atomic mass is 9.43. The number of carboxylic acids is 1. The molecule has 0 aromatic rings. The van der Waals surface area contributed by atoms with Crippen molar-refractivity contribution in [1.82, 2.24) is 0 Å². The van der Waals surface area contributed by atoms with Crippen molar-refractivity contribution in [1.29, 1.82) is 0 Å². The van der Waals surface area contributed by atoms with Crippen LogP contribution >= 0.6 is 0 Å². The molecule has 2 unspecified atom stereocenters. The number of carbonyl (C=O) groups is 1. The number of hydrogen-bond acceptors (Lipinski definition) is 2. The van der Waals surface area contributed by atoms with Crippen molar-refractivity contribution in [2.24, 2.45) is 34.8 Å². The molecule has 3 nitrogen and oxygen atoms in total. The van der Waals surface area contributed by atoms with Gasteiger partial charge in [-0.05, 0) is 61.8 Å². The molecular formula is C13H20FNO2. The molecule has 0 spiro atoms. The van der Waals surface area contributed by atoms with Crippen molar-refractivity contribution in [2.45, 2.75) is 38.3 Å². The molecule has 3 aliphatic rings. The number of halogens is 1. The fourth-order valence-electron chi connectivity index (χ4n) is 5.30. The van der Waals surface area contributed by atoms with E-state index < -0.39 is 11.6 Å². The number of rotatable bonds is 3. The third kappa shape index (κ3) is 1.17. The van der Waals surface area contributed by atoms with E-state index in [0.717, 1.165) is 19.3 Å². The highest BCUT2D eigenvalue weighted by Crippen LogP contribution is 2.74. The fraction of sp³-hybridized carbons (Fsp3) is 0.923. The van der Waals surface area contributed by atoms with Crippen LogP contribution in [0.25, 0.3) is 0 Å². The monoisotopic (exact) mass is 241 g/mol. The van der Waals surface area contributed by atoms with E-state index in [2.05, 4.69) is 0 Å². The Hall–Kier alpha value is -0.640. The predicted octanol–water partition coefficient (Wildman–Crippen LogP) is 1.81. The van der Waals surface area contributed by atoms with Crippen molar-refractivity contribution >= 4 is 5.97 Å². The van der Waals surface area contributed by atoms with E-state index in [4.69, 9.17) is 10.8 Å². The van der Waals surface area contributed by atoms with Crippen molar-refractivity contribution in [3.8, 4) is 0 Å². The molecule has 0 amide bonds. The van der Waals surface area contributed by atoms with Gasteiger partial charge in [-0.2, -0.15) is 0 Å². The SMILES string of the molecule is CC1(F)[C@@H]2CCC3[C@H]1[C@H](C2)[C@]3(CN)CC(=O)O. The van der Waals surface area contributed by atoms with Gasteiger partial charge in [-0.25, -0.2) is 4.39 Å². The van der Waals surface area contributed by atoms with E-state index in [1.807, 2.05) is 0 Å². The number of fused-ring (bicyclic) bond motifs is 1. The molecule has 3 rings (SSSR count). The molecule has 3 N–H and O–H groups in total. The second kappa shape index (κ2) is 3.22. The lowest BCUT2D eigenvalue weighted by Gasteiger charge is -2.62. The minimum atomic E-state index is -1.08. The largest absolute Gasteiger partial charge is 0.481 e. The topological polar surface area (TPSA) is 63.3 Å². The standard InChI is InChI=1S/C13H20FNO2/c1-12(14)7-2-3-8-11(12)9(4-7)13(8,6-15)5-10(16)17/h7-9,11H,2-6,15H2,1H3,(H,16,17)/t7-,8?,9+,11+,12?,13+/m1/s1. The number of nitrogens with two attached hydrogens (primary N) is 1. The molecule has 0 aliphatic heterocycles. The molecule has 3 saturated carbocycles. The van der Waals surface area contributed by atoms with Crippen LogP contribution in [0.15, 0.2) is 0 Å². The third-order valence-electron chi connectivity index (χ3n) is 6.02. The Morgan fingerprint density at radius 3 is 2.76 bits per heavy atom. The smallest absolute Gasteiger partial charge is 0.303 e. The fourth-order valence-corrected chi connectivity index (χ4v) is 5.30. The highest BCUT2D eigenvalue weighted by molar-refractivity contribution is 5.68. The van der Waals surface area contributed by atoms with Gasteiger partial charge in [0.15, 0.2) is 0 Å². The van der Waals surface area contributed by atoms with Crippen molar-refractivity contribution in [2.75, 3.05) is 6.54 Å². The van der Waals surface area contributed by atoms with Crippen LogP contribution in [0.2, 0.25) is 0 Å². The maximum atomic E-state index is 14.6. The van der Waals surface area contributed by atoms with Gasteiger partial charge in [0, 0.05) is 0 Å². The number of carboxylic acid groups (broad SMARTS) is 1. The van der Waals surface area contributed by atoms with Crippen LogP contribution in [0.5, 0.6) is 0 Å². The summed E-state index contributed by atoms with van der Waals surface area (Å²) < 4.78 is 14.6. The van der Waals surface area contributed by atoms with E-state index in [9.17, 15) is 9.18 Å². The lowest BCUT2D eigenvalue weighted by Crippen LogP contribution is -2.64. The molecule has 96 valence electrons. The Morgan fingerprint density at radius 1 is 1.47 bits per heavy atom. The summed E-state index contributed by atoms with van der Waals surface area (Å²) in [6.45, 7) is 2.11. The lowest BCUT2D eigenvalue weighted by molar-refractivity contribution is -0.178. The zero-order valence-corrected chi connectivity index (χ0v) is 10.2. The molecule has 6 atom stereocenters. The number of hydrogen-bond donors (Lipinski definition) is 2. The van der Waals surface area contributed by atoms with Gasteiger partial charge < -0.3 is 10.8 Å². The average Bonchev–Trinajstić information content (AvgIpc) is 2.46. The molecule has 3 fully saturated rings. The van der Waals surface area contributed by atoms with Crippen LogP contribution < -0.4 is 5.73 Å². The van der Waals surface area contributed by atoms with Gasteiger partial charge in [0.2, 0.25) is 0 Å². The first-order valence-electron chi connectivity index (χ1n) is 6.54. The maximum absolute atomic E-state index is 14.6. The Kier molecular flexibility index (Phi) is 2.17. The highest BCUT2D eigenvalue weighted by Gasteiger charge is 2.73.